The summed E-state index contributed by atoms with van der Waals surface area (Å²) in [7, 11) is 0. The highest BCUT2D eigenvalue weighted by Crippen LogP contribution is 2.49. The second-order valence-corrected chi connectivity index (χ2v) is 8.50. The molecule has 2 fully saturated rings. The van der Waals surface area contributed by atoms with Crippen molar-refractivity contribution in [3.8, 4) is 0 Å². The van der Waals surface area contributed by atoms with E-state index in [0.717, 1.165) is 0 Å². The maximum Gasteiger partial charge on any atom is 0.338 e. The molecule has 0 aromatic rings. The molecular formula is C21H28O9. The summed E-state index contributed by atoms with van der Waals surface area (Å²) in [5.74, 6) is -2.01. The van der Waals surface area contributed by atoms with Gasteiger partial charge in [0.25, 0.3) is 0 Å². The van der Waals surface area contributed by atoms with E-state index in [9.17, 15) is 19.2 Å². The predicted molar refractivity (Wildman–Crippen MR) is 101 cm³/mol. The normalized spacial score (nSPS) is 35.5. The van der Waals surface area contributed by atoms with Crippen molar-refractivity contribution in [2.45, 2.75) is 83.9 Å². The first kappa shape index (κ1) is 22.3. The van der Waals surface area contributed by atoms with Gasteiger partial charge in [0.15, 0.2) is 6.10 Å². The van der Waals surface area contributed by atoms with Crippen LogP contribution in [0, 0.1) is 5.92 Å². The first-order valence-electron chi connectivity index (χ1n) is 10.1. The van der Waals surface area contributed by atoms with Crippen molar-refractivity contribution in [3.05, 3.63) is 11.1 Å². The van der Waals surface area contributed by atoms with E-state index in [4.69, 9.17) is 23.7 Å². The molecule has 0 spiro atoms. The highest BCUT2D eigenvalue weighted by atomic mass is 16.6. The fourth-order valence-corrected chi connectivity index (χ4v) is 4.46. The fraction of sp³-hybridized carbons (Fsp3) is 0.714. The van der Waals surface area contributed by atoms with E-state index in [1.807, 2.05) is 13.8 Å². The molecule has 0 N–H and O–H groups in total. The van der Waals surface area contributed by atoms with Crippen LogP contribution in [-0.4, -0.2) is 60.5 Å². The number of fused-ring (bicyclic) bond motifs is 2. The number of hydrogen-bond donors (Lipinski definition) is 0. The molecule has 3 aliphatic rings. The van der Waals surface area contributed by atoms with Gasteiger partial charge in [0, 0.05) is 32.8 Å². The lowest BCUT2D eigenvalue weighted by atomic mass is 9.82. The van der Waals surface area contributed by atoms with E-state index in [0.29, 0.717) is 24.8 Å². The minimum atomic E-state index is -0.863. The molecule has 9 heteroatoms. The first-order chi connectivity index (χ1) is 14.0. The zero-order valence-electron chi connectivity index (χ0n) is 17.9. The van der Waals surface area contributed by atoms with Crippen LogP contribution in [0.3, 0.4) is 0 Å². The van der Waals surface area contributed by atoms with Gasteiger partial charge in [0.05, 0.1) is 11.2 Å². The number of ether oxygens (including phenoxy) is 5. The second kappa shape index (κ2) is 8.37. The molecule has 3 rings (SSSR count). The van der Waals surface area contributed by atoms with Gasteiger partial charge in [-0.1, -0.05) is 6.92 Å². The molecule has 2 heterocycles. The summed E-state index contributed by atoms with van der Waals surface area (Å²) in [6, 6.07) is 0. The van der Waals surface area contributed by atoms with Crippen LogP contribution in [0.4, 0.5) is 0 Å². The lowest BCUT2D eigenvalue weighted by molar-refractivity contribution is -0.148. The molecular weight excluding hydrogens is 396 g/mol. The lowest BCUT2D eigenvalue weighted by Gasteiger charge is -2.29. The molecule has 30 heavy (non-hydrogen) atoms. The van der Waals surface area contributed by atoms with Crippen molar-refractivity contribution in [1.29, 1.82) is 0 Å². The zero-order chi connectivity index (χ0) is 22.2. The minimum Gasteiger partial charge on any atom is -0.462 e. The quantitative estimate of drug-likeness (QED) is 0.377. The molecule has 6 unspecified atom stereocenters. The Balaban J connectivity index is 2.00. The molecule has 0 aromatic carbocycles. The number of hydrogen-bond acceptors (Lipinski definition) is 9. The van der Waals surface area contributed by atoms with Gasteiger partial charge >= 0.3 is 23.9 Å². The van der Waals surface area contributed by atoms with Crippen LogP contribution < -0.4 is 0 Å². The topological polar surface area (TPSA) is 118 Å². The molecule has 0 aromatic heterocycles. The van der Waals surface area contributed by atoms with Gasteiger partial charge in [-0.3, -0.25) is 14.4 Å². The van der Waals surface area contributed by atoms with Crippen molar-refractivity contribution >= 4 is 23.9 Å². The Labute approximate surface area is 175 Å². The summed E-state index contributed by atoms with van der Waals surface area (Å²) in [5, 5.41) is 0. The fourth-order valence-electron chi connectivity index (χ4n) is 4.46. The zero-order valence-corrected chi connectivity index (χ0v) is 17.9. The van der Waals surface area contributed by atoms with E-state index < -0.39 is 41.8 Å². The monoisotopic (exact) mass is 424 g/mol. The Morgan fingerprint density at radius 1 is 1.07 bits per heavy atom. The standard InChI is InChI=1S/C21H28O9/c1-10-6-14(27-12(3)23)8-21(5)19(30-21)18(28-13(4)24)17-15(9-26-11(2)22)20(25)29-16(17)7-10/h10,14,16,18-19H,6-9H2,1-5H3. The lowest BCUT2D eigenvalue weighted by Crippen LogP contribution is -2.38. The van der Waals surface area contributed by atoms with Crippen LogP contribution in [-0.2, 0) is 42.9 Å². The molecule has 0 amide bonds. The number of esters is 4. The van der Waals surface area contributed by atoms with E-state index in [-0.39, 0.29) is 30.2 Å². The predicted octanol–water partition coefficient (Wildman–Crippen LogP) is 1.61. The van der Waals surface area contributed by atoms with Crippen molar-refractivity contribution in [3.63, 3.8) is 0 Å². The molecule has 166 valence electrons. The molecule has 1 saturated heterocycles. The average molecular weight is 424 g/mol. The number of carbonyl (C=O) groups excluding carboxylic acids is 4. The van der Waals surface area contributed by atoms with E-state index >= 15 is 0 Å². The van der Waals surface area contributed by atoms with Crippen molar-refractivity contribution in [2.24, 2.45) is 5.92 Å². The minimum absolute atomic E-state index is 0.0344. The molecule has 9 nitrogen and oxygen atoms in total. The van der Waals surface area contributed by atoms with E-state index in [1.54, 1.807) is 0 Å². The number of epoxide rings is 1. The number of rotatable bonds is 4. The second-order valence-electron chi connectivity index (χ2n) is 8.50. The van der Waals surface area contributed by atoms with Gasteiger partial charge in [0.2, 0.25) is 0 Å². The van der Waals surface area contributed by atoms with Crippen LogP contribution in [0.5, 0.6) is 0 Å². The average Bonchev–Trinajstić information content (AvgIpc) is 3.14. The van der Waals surface area contributed by atoms with Crippen LogP contribution >= 0.6 is 0 Å². The van der Waals surface area contributed by atoms with Gasteiger partial charge < -0.3 is 23.7 Å². The maximum absolute atomic E-state index is 12.6. The maximum atomic E-state index is 12.6. The highest BCUT2D eigenvalue weighted by molar-refractivity contribution is 5.93. The van der Waals surface area contributed by atoms with Gasteiger partial charge in [-0.15, -0.1) is 0 Å². The summed E-state index contributed by atoms with van der Waals surface area (Å²) in [4.78, 5) is 47.3. The summed E-state index contributed by atoms with van der Waals surface area (Å²) >= 11 is 0. The summed E-state index contributed by atoms with van der Waals surface area (Å²) in [5.41, 5.74) is -0.0286. The Hall–Kier alpha value is -2.42. The number of carbonyl (C=O) groups is 4. The Morgan fingerprint density at radius 3 is 2.33 bits per heavy atom. The molecule has 2 aliphatic heterocycles. The summed E-state index contributed by atoms with van der Waals surface area (Å²) in [6.07, 6.45) is -0.954. The SMILES string of the molecule is CC(=O)OCC1=C2C(CC(C)CC(OC(C)=O)CC3(C)OC3C2OC(C)=O)OC1=O. The molecule has 1 saturated carbocycles. The van der Waals surface area contributed by atoms with Crippen molar-refractivity contribution in [2.75, 3.05) is 6.61 Å². The third-order valence-electron chi connectivity index (χ3n) is 5.67. The smallest absolute Gasteiger partial charge is 0.338 e. The summed E-state index contributed by atoms with van der Waals surface area (Å²) in [6.45, 7) is 7.46. The third kappa shape index (κ3) is 4.83. The van der Waals surface area contributed by atoms with Crippen LogP contribution in [0.2, 0.25) is 0 Å². The van der Waals surface area contributed by atoms with Gasteiger partial charge in [-0.25, -0.2) is 4.79 Å². The van der Waals surface area contributed by atoms with Crippen molar-refractivity contribution < 1.29 is 42.9 Å². The van der Waals surface area contributed by atoms with Gasteiger partial charge in [0.1, 0.15) is 24.9 Å². The van der Waals surface area contributed by atoms with Crippen LogP contribution in [0.15, 0.2) is 11.1 Å². The van der Waals surface area contributed by atoms with E-state index in [2.05, 4.69) is 0 Å². The van der Waals surface area contributed by atoms with Crippen molar-refractivity contribution in [1.82, 2.24) is 0 Å². The molecule has 0 radical (unpaired) electrons. The van der Waals surface area contributed by atoms with E-state index in [1.165, 1.54) is 20.8 Å². The van der Waals surface area contributed by atoms with Gasteiger partial charge in [-0.05, 0) is 25.7 Å². The Kier molecular flexibility index (Phi) is 6.21. The first-order valence-corrected chi connectivity index (χ1v) is 10.1. The largest absolute Gasteiger partial charge is 0.462 e. The molecule has 0 bridgehead atoms. The third-order valence-corrected chi connectivity index (χ3v) is 5.67. The molecule has 1 aliphatic carbocycles. The van der Waals surface area contributed by atoms with Gasteiger partial charge in [-0.2, -0.15) is 0 Å². The Bertz CT molecular complexity index is 785. The van der Waals surface area contributed by atoms with Crippen LogP contribution in [0.1, 0.15) is 53.9 Å². The van der Waals surface area contributed by atoms with Crippen LogP contribution in [0.25, 0.3) is 0 Å². The molecule has 6 atom stereocenters. The summed E-state index contributed by atoms with van der Waals surface area (Å²) < 4.78 is 27.6. The highest BCUT2D eigenvalue weighted by Gasteiger charge is 2.62. The Morgan fingerprint density at radius 2 is 1.73 bits per heavy atom.